The molecule has 4 aliphatic rings. The maximum atomic E-state index is 2.52. The van der Waals surface area contributed by atoms with E-state index in [1.807, 2.05) is 0 Å². The Labute approximate surface area is 423 Å². The Bertz CT molecular complexity index is 3740. The van der Waals surface area contributed by atoms with Crippen LogP contribution >= 0.6 is 0 Å². The van der Waals surface area contributed by atoms with Crippen LogP contribution in [-0.2, 0) is 16.2 Å². The maximum absolute atomic E-state index is 2.52. The standard InChI is InChI=1S/C71H53N/c1-69(2)60-31-15-12-29-56(60)58-45-43-54(47-66(58)69)72(68-37-21-14-28-55(68)49-22-6-3-7-23-49)53-41-38-48(39-42-53)50-40-44-59-57-30-13-16-32-61(57)71(67(59)46-50)64-35-19-17-33-62(64)70(51-24-8-4-9-25-51,52-26-10-5-11-27-52)63-34-18-20-36-65(63)71/h4-6,8-47H,3,7H2,1-2H3. The molecule has 1 spiro atoms. The number of para-hydroxylation sites is 1. The summed E-state index contributed by atoms with van der Waals surface area (Å²) in [6.45, 7) is 4.75. The Hall–Kier alpha value is -8.52. The van der Waals surface area contributed by atoms with E-state index in [1.165, 1.54) is 106 Å². The Morgan fingerprint density at radius 3 is 1.43 bits per heavy atom. The van der Waals surface area contributed by atoms with Crippen molar-refractivity contribution in [3.8, 4) is 33.4 Å². The highest BCUT2D eigenvalue weighted by molar-refractivity contribution is 5.94. The quantitative estimate of drug-likeness (QED) is 0.154. The van der Waals surface area contributed by atoms with Crippen LogP contribution in [0.4, 0.5) is 17.1 Å². The average Bonchev–Trinajstić information content (AvgIpc) is 3.87. The van der Waals surface area contributed by atoms with Gasteiger partial charge in [-0.1, -0.05) is 238 Å². The third-order valence-electron chi connectivity index (χ3n) is 16.7. The number of rotatable bonds is 7. The first-order valence-electron chi connectivity index (χ1n) is 25.7. The SMILES string of the molecule is CC1(C)c2ccccc2-c2ccc(N(c3ccc(-c4ccc5c(c4)C4(c6ccccc6-5)c5ccccc5C(c5ccccc5)(c5ccccc5)c5ccccc54)cc3)c3ccccc3C3=CCCC=C3)cc21. The number of benzene rings is 10. The molecule has 0 unspecified atom stereocenters. The van der Waals surface area contributed by atoms with Gasteiger partial charge in [0.1, 0.15) is 0 Å². The van der Waals surface area contributed by atoms with Gasteiger partial charge in [-0.05, 0) is 144 Å². The van der Waals surface area contributed by atoms with Crippen molar-refractivity contribution in [3.05, 3.63) is 322 Å². The summed E-state index contributed by atoms with van der Waals surface area (Å²) in [4.78, 5) is 2.48. The lowest BCUT2D eigenvalue weighted by Gasteiger charge is -2.50. The monoisotopic (exact) mass is 919 g/mol. The molecule has 10 aromatic rings. The number of hydrogen-bond donors (Lipinski definition) is 0. The van der Waals surface area contributed by atoms with Crippen molar-refractivity contribution >= 4 is 22.6 Å². The van der Waals surface area contributed by atoms with Gasteiger partial charge in [0, 0.05) is 22.4 Å². The normalized spacial score (nSPS) is 15.6. The second-order valence-corrected chi connectivity index (χ2v) is 20.6. The van der Waals surface area contributed by atoms with E-state index in [0.717, 1.165) is 24.2 Å². The number of nitrogens with zero attached hydrogens (tertiary/aromatic N) is 1. The van der Waals surface area contributed by atoms with E-state index < -0.39 is 10.8 Å². The van der Waals surface area contributed by atoms with Crippen molar-refractivity contribution in [2.75, 3.05) is 4.90 Å². The minimum absolute atomic E-state index is 0.125. The number of anilines is 3. The summed E-state index contributed by atoms with van der Waals surface area (Å²) < 4.78 is 0. The maximum Gasteiger partial charge on any atom is 0.0720 e. The van der Waals surface area contributed by atoms with Crippen molar-refractivity contribution in [3.63, 3.8) is 0 Å². The van der Waals surface area contributed by atoms with Crippen LogP contribution in [0.2, 0.25) is 0 Å². The van der Waals surface area contributed by atoms with Gasteiger partial charge in [0.25, 0.3) is 0 Å². The number of allylic oxidation sites excluding steroid dienone is 4. The molecule has 0 aromatic heterocycles. The van der Waals surface area contributed by atoms with Crippen LogP contribution < -0.4 is 4.90 Å². The highest BCUT2D eigenvalue weighted by Gasteiger charge is 2.56. The lowest BCUT2D eigenvalue weighted by atomic mass is 9.51. The third kappa shape index (κ3) is 5.95. The Balaban J connectivity index is 0.948. The van der Waals surface area contributed by atoms with E-state index in [1.54, 1.807) is 0 Å². The van der Waals surface area contributed by atoms with Crippen LogP contribution in [0, 0.1) is 0 Å². The molecule has 72 heavy (non-hydrogen) atoms. The molecule has 4 aliphatic carbocycles. The smallest absolute Gasteiger partial charge is 0.0720 e. The summed E-state index contributed by atoms with van der Waals surface area (Å²) in [6, 6.07) is 91.8. The van der Waals surface area contributed by atoms with Gasteiger partial charge >= 0.3 is 0 Å². The van der Waals surface area contributed by atoms with Gasteiger partial charge in [0.2, 0.25) is 0 Å². The fraction of sp³-hybridized carbons (Fsp3) is 0.0986. The minimum Gasteiger partial charge on any atom is -0.310 e. The van der Waals surface area contributed by atoms with Gasteiger partial charge in [-0.25, -0.2) is 0 Å². The fourth-order valence-electron chi connectivity index (χ4n) is 13.6. The Morgan fingerprint density at radius 2 is 0.806 bits per heavy atom. The van der Waals surface area contributed by atoms with Crippen LogP contribution in [0.15, 0.2) is 261 Å². The molecule has 0 bridgehead atoms. The van der Waals surface area contributed by atoms with Crippen molar-refractivity contribution in [2.45, 2.75) is 42.9 Å². The molecular weight excluding hydrogens is 867 g/mol. The molecule has 0 radical (unpaired) electrons. The fourth-order valence-corrected chi connectivity index (χ4v) is 13.6. The summed E-state index contributed by atoms with van der Waals surface area (Å²) in [7, 11) is 0. The van der Waals surface area contributed by atoms with Gasteiger partial charge in [-0.15, -0.1) is 0 Å². The van der Waals surface area contributed by atoms with Gasteiger partial charge in [0.05, 0.1) is 16.5 Å². The summed E-state index contributed by atoms with van der Waals surface area (Å²) >= 11 is 0. The summed E-state index contributed by atoms with van der Waals surface area (Å²) in [5.41, 5.74) is 25.6. The topological polar surface area (TPSA) is 3.24 Å². The summed E-state index contributed by atoms with van der Waals surface area (Å²) in [6.07, 6.45) is 9.14. The van der Waals surface area contributed by atoms with Crippen LogP contribution in [-0.4, -0.2) is 0 Å². The van der Waals surface area contributed by atoms with E-state index in [9.17, 15) is 0 Å². The first kappa shape index (κ1) is 42.4. The minimum atomic E-state index is -0.564. The van der Waals surface area contributed by atoms with Crippen LogP contribution in [0.25, 0.3) is 39.0 Å². The first-order valence-corrected chi connectivity index (χ1v) is 25.7. The molecule has 10 aromatic carbocycles. The average molecular weight is 920 g/mol. The second kappa shape index (κ2) is 16.3. The van der Waals surface area contributed by atoms with E-state index in [0.29, 0.717) is 0 Å². The Morgan fingerprint density at radius 1 is 0.333 bits per heavy atom. The molecule has 14 rings (SSSR count). The molecule has 0 atom stereocenters. The molecule has 0 saturated carbocycles. The molecular formula is C71H53N. The molecule has 1 heteroatoms. The summed E-state index contributed by atoms with van der Waals surface area (Å²) in [5, 5.41) is 0. The van der Waals surface area contributed by atoms with E-state index in [-0.39, 0.29) is 5.41 Å². The van der Waals surface area contributed by atoms with Crippen molar-refractivity contribution in [1.29, 1.82) is 0 Å². The molecule has 0 saturated heterocycles. The molecule has 342 valence electrons. The lowest BCUT2D eigenvalue weighted by Crippen LogP contribution is -2.44. The zero-order chi connectivity index (χ0) is 48.0. The molecule has 0 heterocycles. The highest BCUT2D eigenvalue weighted by Crippen LogP contribution is 2.65. The van der Waals surface area contributed by atoms with Crippen molar-refractivity contribution in [2.24, 2.45) is 0 Å². The third-order valence-corrected chi connectivity index (χ3v) is 16.7. The number of hydrogen-bond acceptors (Lipinski definition) is 1. The van der Waals surface area contributed by atoms with E-state index >= 15 is 0 Å². The molecule has 1 nitrogen and oxygen atoms in total. The van der Waals surface area contributed by atoms with Crippen LogP contribution in [0.1, 0.15) is 87.9 Å². The van der Waals surface area contributed by atoms with Gasteiger partial charge in [-0.2, -0.15) is 0 Å². The van der Waals surface area contributed by atoms with Crippen molar-refractivity contribution in [1.82, 2.24) is 0 Å². The predicted molar refractivity (Wildman–Crippen MR) is 300 cm³/mol. The van der Waals surface area contributed by atoms with E-state index in [4.69, 9.17) is 0 Å². The Kier molecular flexibility index (Phi) is 9.57. The molecule has 0 fully saturated rings. The van der Waals surface area contributed by atoms with Crippen LogP contribution in [0.3, 0.4) is 0 Å². The summed E-state index contributed by atoms with van der Waals surface area (Å²) in [5.74, 6) is 0. The first-order chi connectivity index (χ1) is 35.5. The molecule has 0 aliphatic heterocycles. The van der Waals surface area contributed by atoms with Crippen LogP contribution in [0.5, 0.6) is 0 Å². The highest BCUT2D eigenvalue weighted by atomic mass is 15.1. The van der Waals surface area contributed by atoms with Gasteiger partial charge in [-0.3, -0.25) is 0 Å². The molecule has 0 N–H and O–H groups in total. The zero-order valence-electron chi connectivity index (χ0n) is 40.7. The van der Waals surface area contributed by atoms with E-state index in [2.05, 4.69) is 280 Å². The van der Waals surface area contributed by atoms with Crippen molar-refractivity contribution < 1.29 is 0 Å². The second-order valence-electron chi connectivity index (χ2n) is 20.6. The molecule has 0 amide bonds. The van der Waals surface area contributed by atoms with Gasteiger partial charge < -0.3 is 4.90 Å². The zero-order valence-corrected chi connectivity index (χ0v) is 40.7. The largest absolute Gasteiger partial charge is 0.310 e. The lowest BCUT2D eigenvalue weighted by molar-refractivity contribution is 0.624. The predicted octanol–water partition coefficient (Wildman–Crippen LogP) is 17.9. The number of fused-ring (bicyclic) bond motifs is 12. The van der Waals surface area contributed by atoms with Gasteiger partial charge in [0.15, 0.2) is 0 Å².